The van der Waals surface area contributed by atoms with Crippen LogP contribution in [0.4, 0.5) is 11.4 Å². The van der Waals surface area contributed by atoms with E-state index < -0.39 is 12.1 Å². The number of carbonyl (C=O) groups excluding carboxylic acids is 2. The molecule has 0 N–H and O–H groups in total. The Morgan fingerprint density at radius 3 is 2.00 bits per heavy atom. The lowest BCUT2D eigenvalue weighted by molar-refractivity contribution is -0.126. The Morgan fingerprint density at radius 2 is 1.46 bits per heavy atom. The molecule has 0 aromatic heterocycles. The summed E-state index contributed by atoms with van der Waals surface area (Å²) in [7, 11) is 5.51. The molecule has 0 radical (unpaired) electrons. The monoisotopic (exact) mass is 326 g/mol. The summed E-state index contributed by atoms with van der Waals surface area (Å²) in [6, 6.07) is 16.3. The summed E-state index contributed by atoms with van der Waals surface area (Å²) >= 11 is 0. The minimum atomic E-state index is -0.865. The van der Waals surface area contributed by atoms with Crippen molar-refractivity contribution in [3.63, 3.8) is 0 Å². The highest BCUT2D eigenvalue weighted by Crippen LogP contribution is 2.16. The topological polar surface area (TPSA) is 49.9 Å². The largest absolute Gasteiger partial charge is 0.449 e. The van der Waals surface area contributed by atoms with Crippen molar-refractivity contribution in [3.8, 4) is 0 Å². The van der Waals surface area contributed by atoms with Gasteiger partial charge < -0.3 is 14.5 Å². The summed E-state index contributed by atoms with van der Waals surface area (Å²) in [4.78, 5) is 28.0. The van der Waals surface area contributed by atoms with E-state index in [1.165, 1.54) is 4.90 Å². The van der Waals surface area contributed by atoms with E-state index in [-0.39, 0.29) is 5.91 Å². The van der Waals surface area contributed by atoms with Crippen molar-refractivity contribution in [2.24, 2.45) is 0 Å². The number of carbonyl (C=O) groups is 2. The highest BCUT2D eigenvalue weighted by molar-refractivity contribution is 5.98. The molecule has 0 aliphatic carbocycles. The third kappa shape index (κ3) is 4.13. The van der Waals surface area contributed by atoms with E-state index in [9.17, 15) is 9.59 Å². The molecule has 5 heteroatoms. The molecule has 1 amide bonds. The predicted octanol–water partition coefficient (Wildman–Crippen LogP) is 2.96. The molecular weight excluding hydrogens is 304 g/mol. The molecule has 0 saturated heterocycles. The zero-order valence-corrected chi connectivity index (χ0v) is 14.4. The number of amides is 1. The average molecular weight is 326 g/mol. The van der Waals surface area contributed by atoms with E-state index in [0.717, 1.165) is 11.4 Å². The number of esters is 1. The zero-order valence-electron chi connectivity index (χ0n) is 14.4. The third-order valence-corrected chi connectivity index (χ3v) is 3.73. The van der Waals surface area contributed by atoms with Gasteiger partial charge in [-0.3, -0.25) is 4.79 Å². The molecule has 0 spiro atoms. The van der Waals surface area contributed by atoms with Crippen LogP contribution in [-0.4, -0.2) is 39.1 Å². The first kappa shape index (κ1) is 17.5. The minimum absolute atomic E-state index is 0.278. The fourth-order valence-electron chi connectivity index (χ4n) is 2.23. The normalized spacial score (nSPS) is 11.5. The maximum atomic E-state index is 12.4. The minimum Gasteiger partial charge on any atom is -0.449 e. The molecule has 0 bridgehead atoms. The number of nitrogens with zero attached hydrogens (tertiary/aromatic N) is 2. The first-order valence-electron chi connectivity index (χ1n) is 7.71. The molecule has 0 fully saturated rings. The van der Waals surface area contributed by atoms with E-state index in [1.54, 1.807) is 26.1 Å². The molecule has 0 unspecified atom stereocenters. The first-order valence-corrected chi connectivity index (χ1v) is 7.71. The lowest BCUT2D eigenvalue weighted by Gasteiger charge is -2.21. The molecule has 0 aliphatic heterocycles. The van der Waals surface area contributed by atoms with Gasteiger partial charge in [0.25, 0.3) is 5.91 Å². The lowest BCUT2D eigenvalue weighted by atomic mass is 10.2. The Hall–Kier alpha value is -2.82. The van der Waals surface area contributed by atoms with Crippen molar-refractivity contribution in [3.05, 3.63) is 60.2 Å². The molecule has 126 valence electrons. The van der Waals surface area contributed by atoms with Gasteiger partial charge in [-0.05, 0) is 43.3 Å². The van der Waals surface area contributed by atoms with Gasteiger partial charge in [0, 0.05) is 32.5 Å². The zero-order chi connectivity index (χ0) is 17.7. The summed E-state index contributed by atoms with van der Waals surface area (Å²) in [5, 5.41) is 0. The van der Waals surface area contributed by atoms with Crippen LogP contribution in [0.15, 0.2) is 54.6 Å². The highest BCUT2D eigenvalue weighted by Gasteiger charge is 2.23. The quantitative estimate of drug-likeness (QED) is 0.793. The molecule has 2 aromatic rings. The number of hydrogen-bond acceptors (Lipinski definition) is 4. The second-order valence-corrected chi connectivity index (χ2v) is 5.72. The number of ether oxygens (including phenoxy) is 1. The van der Waals surface area contributed by atoms with Crippen LogP contribution in [0.1, 0.15) is 17.3 Å². The SMILES string of the molecule is C[C@@H](OC(=O)c1ccc(N(C)C)cc1)C(=O)N(C)c1ccccc1. The lowest BCUT2D eigenvalue weighted by Crippen LogP contribution is -2.37. The number of likely N-dealkylation sites (N-methyl/N-ethyl adjacent to an activating group) is 1. The second-order valence-electron chi connectivity index (χ2n) is 5.72. The van der Waals surface area contributed by atoms with Gasteiger partial charge in [0.2, 0.25) is 0 Å². The molecule has 2 aromatic carbocycles. The Kier molecular flexibility index (Phi) is 5.58. The third-order valence-electron chi connectivity index (χ3n) is 3.73. The van der Waals surface area contributed by atoms with Crippen molar-refractivity contribution in [2.45, 2.75) is 13.0 Å². The standard InChI is InChI=1S/C19H22N2O3/c1-14(18(22)21(4)17-8-6-5-7-9-17)24-19(23)15-10-12-16(13-11-15)20(2)3/h5-14H,1-4H3/t14-/m1/s1. The second kappa shape index (κ2) is 7.64. The van der Waals surface area contributed by atoms with Crippen molar-refractivity contribution >= 4 is 23.3 Å². The molecule has 5 nitrogen and oxygen atoms in total. The smallest absolute Gasteiger partial charge is 0.338 e. The number of hydrogen-bond donors (Lipinski definition) is 0. The van der Waals surface area contributed by atoms with E-state index in [4.69, 9.17) is 4.74 Å². The van der Waals surface area contributed by atoms with Crippen LogP contribution in [0.3, 0.4) is 0 Å². The Bertz CT molecular complexity index is 696. The van der Waals surface area contributed by atoms with Crippen LogP contribution in [0.2, 0.25) is 0 Å². The van der Waals surface area contributed by atoms with E-state index in [1.807, 2.05) is 61.5 Å². The van der Waals surface area contributed by atoms with Crippen molar-refractivity contribution in [1.82, 2.24) is 0 Å². The highest BCUT2D eigenvalue weighted by atomic mass is 16.5. The van der Waals surface area contributed by atoms with Gasteiger partial charge in [0.15, 0.2) is 6.10 Å². The van der Waals surface area contributed by atoms with Crippen LogP contribution in [0.5, 0.6) is 0 Å². The molecular formula is C19H22N2O3. The first-order chi connectivity index (χ1) is 11.4. The fourth-order valence-corrected chi connectivity index (χ4v) is 2.23. The van der Waals surface area contributed by atoms with Crippen LogP contribution in [0.25, 0.3) is 0 Å². The predicted molar refractivity (Wildman–Crippen MR) is 95.5 cm³/mol. The Labute approximate surface area is 142 Å². The Balaban J connectivity index is 2.01. The number of para-hydroxylation sites is 1. The van der Waals surface area contributed by atoms with Gasteiger partial charge in [0.05, 0.1) is 5.56 Å². The van der Waals surface area contributed by atoms with Crippen molar-refractivity contribution < 1.29 is 14.3 Å². The van der Waals surface area contributed by atoms with Gasteiger partial charge >= 0.3 is 5.97 Å². The van der Waals surface area contributed by atoms with Gasteiger partial charge in [-0.15, -0.1) is 0 Å². The van der Waals surface area contributed by atoms with Gasteiger partial charge in [-0.2, -0.15) is 0 Å². The van der Waals surface area contributed by atoms with Gasteiger partial charge in [-0.1, -0.05) is 18.2 Å². The maximum absolute atomic E-state index is 12.4. The maximum Gasteiger partial charge on any atom is 0.338 e. The van der Waals surface area contributed by atoms with Crippen LogP contribution >= 0.6 is 0 Å². The van der Waals surface area contributed by atoms with Crippen molar-refractivity contribution in [2.75, 3.05) is 30.9 Å². The average Bonchev–Trinajstić information content (AvgIpc) is 2.61. The van der Waals surface area contributed by atoms with Gasteiger partial charge in [0.1, 0.15) is 0 Å². The molecule has 0 heterocycles. The van der Waals surface area contributed by atoms with Crippen LogP contribution in [-0.2, 0) is 9.53 Å². The summed E-state index contributed by atoms with van der Waals surface area (Å²) in [5.74, 6) is -0.790. The molecule has 2 rings (SSSR count). The van der Waals surface area contributed by atoms with Gasteiger partial charge in [-0.25, -0.2) is 4.79 Å². The summed E-state index contributed by atoms with van der Waals surface area (Å²) in [6.07, 6.45) is -0.865. The van der Waals surface area contributed by atoms with E-state index in [2.05, 4.69) is 0 Å². The molecule has 0 aliphatic rings. The number of rotatable bonds is 5. The van der Waals surface area contributed by atoms with E-state index in [0.29, 0.717) is 5.56 Å². The molecule has 24 heavy (non-hydrogen) atoms. The fraction of sp³-hybridized carbons (Fsp3) is 0.263. The summed E-state index contributed by atoms with van der Waals surface area (Å²) in [5.41, 5.74) is 2.16. The number of benzene rings is 2. The summed E-state index contributed by atoms with van der Waals surface area (Å²) in [6.45, 7) is 1.58. The molecule has 0 saturated carbocycles. The van der Waals surface area contributed by atoms with Crippen molar-refractivity contribution in [1.29, 1.82) is 0 Å². The molecule has 1 atom stereocenters. The van der Waals surface area contributed by atoms with Crippen LogP contribution < -0.4 is 9.80 Å². The summed E-state index contributed by atoms with van der Waals surface area (Å²) < 4.78 is 5.30. The van der Waals surface area contributed by atoms with Crippen LogP contribution in [0, 0.1) is 0 Å². The number of anilines is 2. The Morgan fingerprint density at radius 1 is 0.875 bits per heavy atom. The van der Waals surface area contributed by atoms with E-state index >= 15 is 0 Å².